The molecule has 3 heteroatoms. The number of fused-ring (bicyclic) bond motifs is 1. The number of rotatable bonds is 4. The largest absolute Gasteiger partial charge is 0.455 e. The van der Waals surface area contributed by atoms with Gasteiger partial charge in [0.05, 0.1) is 5.02 Å². The fourth-order valence-corrected chi connectivity index (χ4v) is 2.58. The van der Waals surface area contributed by atoms with Gasteiger partial charge in [-0.15, -0.1) is 0 Å². The molecule has 1 N–H and O–H groups in total. The second-order valence-corrected chi connectivity index (χ2v) is 5.28. The van der Waals surface area contributed by atoms with Crippen LogP contribution in [0.4, 0.5) is 0 Å². The van der Waals surface area contributed by atoms with Crippen molar-refractivity contribution in [2.45, 2.75) is 6.54 Å². The van der Waals surface area contributed by atoms with E-state index >= 15 is 0 Å². The van der Waals surface area contributed by atoms with Gasteiger partial charge < -0.3 is 10.1 Å². The maximum Gasteiger partial charge on any atom is 0.150 e. The zero-order chi connectivity index (χ0) is 14.7. The number of nitrogens with one attached hydrogen (secondary N) is 1. The van der Waals surface area contributed by atoms with E-state index < -0.39 is 0 Å². The monoisotopic (exact) mass is 297 g/mol. The zero-order valence-corrected chi connectivity index (χ0v) is 12.5. The summed E-state index contributed by atoms with van der Waals surface area (Å²) in [6.45, 7) is 0.712. The lowest BCUT2D eigenvalue weighted by molar-refractivity contribution is 0.475. The molecule has 0 heterocycles. The Hall–Kier alpha value is -2.03. The van der Waals surface area contributed by atoms with E-state index in [0.717, 1.165) is 16.7 Å². The van der Waals surface area contributed by atoms with Crippen molar-refractivity contribution in [1.82, 2.24) is 5.32 Å². The van der Waals surface area contributed by atoms with Crippen LogP contribution in [0.5, 0.6) is 11.5 Å². The summed E-state index contributed by atoms with van der Waals surface area (Å²) in [6, 6.07) is 20.0. The van der Waals surface area contributed by atoms with Gasteiger partial charge in [-0.2, -0.15) is 0 Å². The van der Waals surface area contributed by atoms with Gasteiger partial charge >= 0.3 is 0 Å². The molecule has 0 aliphatic rings. The minimum Gasteiger partial charge on any atom is -0.455 e. The van der Waals surface area contributed by atoms with Gasteiger partial charge in [-0.3, -0.25) is 0 Å². The number of para-hydroxylation sites is 1. The second kappa shape index (κ2) is 6.17. The average molecular weight is 298 g/mol. The molecule has 0 aliphatic carbocycles. The van der Waals surface area contributed by atoms with E-state index in [2.05, 4.69) is 23.5 Å². The normalized spacial score (nSPS) is 10.8. The van der Waals surface area contributed by atoms with Gasteiger partial charge in [0.1, 0.15) is 11.5 Å². The summed E-state index contributed by atoms with van der Waals surface area (Å²) in [7, 11) is 1.90. The molecule has 0 spiro atoms. The van der Waals surface area contributed by atoms with Crippen molar-refractivity contribution in [3.63, 3.8) is 0 Å². The van der Waals surface area contributed by atoms with E-state index in [1.807, 2.05) is 49.5 Å². The van der Waals surface area contributed by atoms with Crippen molar-refractivity contribution >= 4 is 22.4 Å². The van der Waals surface area contributed by atoms with Crippen molar-refractivity contribution in [1.29, 1.82) is 0 Å². The maximum atomic E-state index is 6.28. The second-order valence-electron chi connectivity index (χ2n) is 4.87. The van der Waals surface area contributed by atoms with Crippen LogP contribution in [0.2, 0.25) is 5.02 Å². The molecule has 0 saturated heterocycles. The van der Waals surface area contributed by atoms with Crippen LogP contribution in [0.3, 0.4) is 0 Å². The summed E-state index contributed by atoms with van der Waals surface area (Å²) >= 11 is 6.28. The molecule has 0 unspecified atom stereocenters. The molecule has 0 bridgehead atoms. The summed E-state index contributed by atoms with van der Waals surface area (Å²) in [5.74, 6) is 1.50. The minimum atomic E-state index is 0.621. The van der Waals surface area contributed by atoms with Gasteiger partial charge in [-0.1, -0.05) is 54.1 Å². The van der Waals surface area contributed by atoms with Gasteiger partial charge in [0.25, 0.3) is 0 Å². The van der Waals surface area contributed by atoms with E-state index in [4.69, 9.17) is 16.3 Å². The zero-order valence-electron chi connectivity index (χ0n) is 11.8. The third-order valence-corrected chi connectivity index (χ3v) is 3.65. The molecular formula is C18H16ClNO. The Labute approximate surface area is 129 Å². The van der Waals surface area contributed by atoms with Crippen LogP contribution >= 0.6 is 11.6 Å². The van der Waals surface area contributed by atoms with Crippen molar-refractivity contribution in [3.8, 4) is 11.5 Å². The molecule has 0 aliphatic heterocycles. The molecule has 3 rings (SSSR count). The number of ether oxygens (including phenoxy) is 1. The number of hydrogen-bond acceptors (Lipinski definition) is 2. The lowest BCUT2D eigenvalue weighted by Gasteiger charge is -2.13. The average Bonchev–Trinajstić information content (AvgIpc) is 2.51. The van der Waals surface area contributed by atoms with Gasteiger partial charge in [0.15, 0.2) is 0 Å². The highest BCUT2D eigenvalue weighted by molar-refractivity contribution is 6.32. The molecule has 0 radical (unpaired) electrons. The molecule has 21 heavy (non-hydrogen) atoms. The predicted molar refractivity (Wildman–Crippen MR) is 88.2 cm³/mol. The van der Waals surface area contributed by atoms with E-state index in [-0.39, 0.29) is 0 Å². The van der Waals surface area contributed by atoms with Crippen LogP contribution in [-0.4, -0.2) is 7.05 Å². The number of halogens is 1. The number of benzene rings is 3. The van der Waals surface area contributed by atoms with Crippen LogP contribution in [-0.2, 0) is 6.54 Å². The maximum absolute atomic E-state index is 6.28. The van der Waals surface area contributed by atoms with E-state index in [1.165, 1.54) is 5.39 Å². The topological polar surface area (TPSA) is 21.3 Å². The molecule has 106 valence electrons. The molecule has 0 amide bonds. The van der Waals surface area contributed by atoms with E-state index in [1.54, 1.807) is 0 Å². The van der Waals surface area contributed by atoms with E-state index in [9.17, 15) is 0 Å². The van der Waals surface area contributed by atoms with Crippen molar-refractivity contribution in [2.24, 2.45) is 0 Å². The molecule has 0 fully saturated rings. The fraction of sp³-hybridized carbons (Fsp3) is 0.111. The Morgan fingerprint density at radius 3 is 2.57 bits per heavy atom. The first-order valence-electron chi connectivity index (χ1n) is 6.86. The highest BCUT2D eigenvalue weighted by Gasteiger charge is 2.09. The molecule has 0 saturated carbocycles. The Morgan fingerprint density at radius 1 is 0.952 bits per heavy atom. The highest BCUT2D eigenvalue weighted by Crippen LogP contribution is 2.34. The summed E-state index contributed by atoms with van der Waals surface area (Å²) in [4.78, 5) is 0. The molecule has 0 atom stereocenters. The van der Waals surface area contributed by atoms with Crippen LogP contribution in [0, 0.1) is 0 Å². The van der Waals surface area contributed by atoms with Crippen LogP contribution in [0.25, 0.3) is 10.8 Å². The van der Waals surface area contributed by atoms with Gasteiger partial charge in [0.2, 0.25) is 0 Å². The summed E-state index contributed by atoms with van der Waals surface area (Å²) in [6.07, 6.45) is 0. The van der Waals surface area contributed by atoms with Crippen LogP contribution in [0.15, 0.2) is 60.7 Å². The van der Waals surface area contributed by atoms with Crippen LogP contribution in [0.1, 0.15) is 5.56 Å². The van der Waals surface area contributed by atoms with E-state index in [0.29, 0.717) is 17.3 Å². The Balaban J connectivity index is 1.98. The third-order valence-electron chi connectivity index (χ3n) is 3.36. The Bertz CT molecular complexity index is 770. The lowest BCUT2D eigenvalue weighted by Crippen LogP contribution is -2.06. The Kier molecular flexibility index (Phi) is 4.09. The predicted octanol–water partition coefficient (Wildman–Crippen LogP) is 5.00. The number of hydrogen-bond donors (Lipinski definition) is 1. The summed E-state index contributed by atoms with van der Waals surface area (Å²) in [5, 5.41) is 6.09. The quantitative estimate of drug-likeness (QED) is 0.731. The highest BCUT2D eigenvalue weighted by atomic mass is 35.5. The molecule has 2 nitrogen and oxygen atoms in total. The van der Waals surface area contributed by atoms with Gasteiger partial charge in [-0.05, 0) is 36.0 Å². The van der Waals surface area contributed by atoms with Gasteiger partial charge in [-0.25, -0.2) is 0 Å². The fourth-order valence-electron chi connectivity index (χ4n) is 2.35. The summed E-state index contributed by atoms with van der Waals surface area (Å²) < 4.78 is 6.03. The third kappa shape index (κ3) is 3.02. The minimum absolute atomic E-state index is 0.621. The van der Waals surface area contributed by atoms with Crippen molar-refractivity contribution in [2.75, 3.05) is 7.05 Å². The molecular weight excluding hydrogens is 282 g/mol. The van der Waals surface area contributed by atoms with Crippen molar-refractivity contribution in [3.05, 3.63) is 71.2 Å². The first kappa shape index (κ1) is 13.9. The summed E-state index contributed by atoms with van der Waals surface area (Å²) in [5.41, 5.74) is 1.04. The standard InChI is InChI=1S/C18H16ClNO/c1-20-12-15-7-4-8-17(19)18(15)21-16-10-9-13-5-2-3-6-14(13)11-16/h2-11,20H,12H2,1H3. The van der Waals surface area contributed by atoms with Crippen LogP contribution < -0.4 is 10.1 Å². The van der Waals surface area contributed by atoms with Gasteiger partial charge in [0, 0.05) is 12.1 Å². The molecule has 3 aromatic rings. The first-order valence-corrected chi connectivity index (χ1v) is 7.24. The van der Waals surface area contributed by atoms with Crippen molar-refractivity contribution < 1.29 is 4.74 Å². The Morgan fingerprint density at radius 2 is 1.76 bits per heavy atom. The lowest BCUT2D eigenvalue weighted by atomic mass is 10.1. The molecule has 3 aromatic carbocycles. The SMILES string of the molecule is CNCc1cccc(Cl)c1Oc1ccc2ccccc2c1. The first-order chi connectivity index (χ1) is 10.3. The molecule has 0 aromatic heterocycles. The smallest absolute Gasteiger partial charge is 0.150 e.